The minimum Gasteiger partial charge on any atom is -0.507 e. The monoisotopic (exact) mass is 446 g/mol. The molecule has 170 valence electrons. The highest BCUT2D eigenvalue weighted by Gasteiger charge is 2.29. The van der Waals surface area contributed by atoms with Crippen molar-refractivity contribution in [3.8, 4) is 34.0 Å². The van der Waals surface area contributed by atoms with Gasteiger partial charge in [0, 0.05) is 17.8 Å². The van der Waals surface area contributed by atoms with Crippen LogP contribution in [0.5, 0.6) is 11.6 Å². The van der Waals surface area contributed by atoms with Crippen LogP contribution >= 0.6 is 0 Å². The van der Waals surface area contributed by atoms with Gasteiger partial charge in [0.05, 0.1) is 13.3 Å². The first-order chi connectivity index (χ1) is 15.9. The molecule has 0 bridgehead atoms. The van der Waals surface area contributed by atoms with E-state index in [0.29, 0.717) is 35.0 Å². The van der Waals surface area contributed by atoms with Gasteiger partial charge in [-0.1, -0.05) is 32.4 Å². The summed E-state index contributed by atoms with van der Waals surface area (Å²) in [5.74, 6) is 0.905. The molecule has 1 aliphatic rings. The van der Waals surface area contributed by atoms with Gasteiger partial charge in [0.25, 0.3) is 0 Å². The molecule has 0 amide bonds. The number of allylic oxidation sites excluding steroid dienone is 3. The second-order valence-corrected chi connectivity index (χ2v) is 8.58. The molecule has 0 radical (unpaired) electrons. The van der Waals surface area contributed by atoms with Crippen molar-refractivity contribution in [3.05, 3.63) is 66.3 Å². The number of benzene rings is 1. The van der Waals surface area contributed by atoms with Gasteiger partial charge in [-0.25, -0.2) is 14.4 Å². The van der Waals surface area contributed by atoms with E-state index >= 15 is 0 Å². The summed E-state index contributed by atoms with van der Waals surface area (Å²) in [6.07, 6.45) is 9.99. The number of hydrogen-bond donors (Lipinski definition) is 1. The Bertz CT molecular complexity index is 1190. The Morgan fingerprint density at radius 3 is 2.70 bits per heavy atom. The molecule has 2 atom stereocenters. The Morgan fingerprint density at radius 1 is 1.18 bits per heavy atom. The molecular weight excluding hydrogens is 419 g/mol. The Labute approximate surface area is 192 Å². The van der Waals surface area contributed by atoms with E-state index in [0.717, 1.165) is 24.0 Å². The summed E-state index contributed by atoms with van der Waals surface area (Å²) in [7, 11) is 1.56. The highest BCUT2D eigenvalue weighted by molar-refractivity contribution is 5.74. The zero-order chi connectivity index (χ0) is 23.4. The first kappa shape index (κ1) is 22.6. The van der Waals surface area contributed by atoms with Crippen LogP contribution in [0.2, 0.25) is 0 Å². The first-order valence-corrected chi connectivity index (χ1v) is 11.0. The molecule has 2 aromatic heterocycles. The standard InChI is InChI=1S/C26H27FN4O2/c1-4-9-26(2)10-7-21(27)19(15-26)13-24-29-16-22(30-31-24)20-6-5-17(12-23(20)32)18-8-11-28-25(14-18)33-3/h5-8,10-14,16,21,32H,4,9,15H2,1-3H3/b19-13+/t21-,26+/m0/s1. The van der Waals surface area contributed by atoms with Gasteiger partial charge in [0.15, 0.2) is 5.82 Å². The Kier molecular flexibility index (Phi) is 6.49. The smallest absolute Gasteiger partial charge is 0.213 e. The number of phenols is 1. The summed E-state index contributed by atoms with van der Waals surface area (Å²) in [6, 6.07) is 8.92. The zero-order valence-corrected chi connectivity index (χ0v) is 19.0. The molecule has 1 N–H and O–H groups in total. The number of alkyl halides is 1. The third-order valence-electron chi connectivity index (χ3n) is 5.90. The van der Waals surface area contributed by atoms with Crippen LogP contribution < -0.4 is 4.74 Å². The highest BCUT2D eigenvalue weighted by atomic mass is 19.1. The summed E-state index contributed by atoms with van der Waals surface area (Å²) in [5.41, 5.74) is 3.23. The van der Waals surface area contributed by atoms with Crippen LogP contribution in [0.15, 0.2) is 60.5 Å². The summed E-state index contributed by atoms with van der Waals surface area (Å²) >= 11 is 0. The second kappa shape index (κ2) is 9.48. The molecule has 1 aromatic carbocycles. The van der Waals surface area contributed by atoms with Crippen molar-refractivity contribution in [1.29, 1.82) is 0 Å². The first-order valence-electron chi connectivity index (χ1n) is 11.0. The molecule has 4 rings (SSSR count). The molecule has 0 unspecified atom stereocenters. The summed E-state index contributed by atoms with van der Waals surface area (Å²) in [4.78, 5) is 8.44. The number of phenolic OH excluding ortho intramolecular Hbond substituents is 1. The maximum absolute atomic E-state index is 14.5. The summed E-state index contributed by atoms with van der Waals surface area (Å²) in [5, 5.41) is 19.0. The minimum atomic E-state index is -1.14. The number of aromatic nitrogens is 4. The Morgan fingerprint density at radius 2 is 2.00 bits per heavy atom. The van der Waals surface area contributed by atoms with Gasteiger partial charge < -0.3 is 9.84 Å². The van der Waals surface area contributed by atoms with Crippen molar-refractivity contribution < 1.29 is 14.2 Å². The molecule has 3 aromatic rings. The van der Waals surface area contributed by atoms with Crippen molar-refractivity contribution >= 4 is 6.08 Å². The van der Waals surface area contributed by atoms with Crippen LogP contribution in [0, 0.1) is 5.41 Å². The fourth-order valence-electron chi connectivity index (χ4n) is 4.20. The van der Waals surface area contributed by atoms with E-state index in [2.05, 4.69) is 34.0 Å². The molecule has 1 aliphatic carbocycles. The topological polar surface area (TPSA) is 81.0 Å². The lowest BCUT2D eigenvalue weighted by Crippen LogP contribution is -2.22. The van der Waals surface area contributed by atoms with Gasteiger partial charge in [0.2, 0.25) is 5.88 Å². The molecular formula is C26H27FN4O2. The summed E-state index contributed by atoms with van der Waals surface area (Å²) in [6.45, 7) is 4.27. The van der Waals surface area contributed by atoms with Gasteiger partial charge in [-0.3, -0.25) is 0 Å². The number of aromatic hydroxyl groups is 1. The molecule has 7 heteroatoms. The highest BCUT2D eigenvalue weighted by Crippen LogP contribution is 2.39. The number of ether oxygens (including phenoxy) is 1. The average Bonchev–Trinajstić information content (AvgIpc) is 2.82. The van der Waals surface area contributed by atoms with Crippen LogP contribution in [0.25, 0.3) is 28.5 Å². The Hall–Kier alpha value is -3.61. The van der Waals surface area contributed by atoms with Gasteiger partial charge in [-0.05, 0) is 65.3 Å². The Balaban J connectivity index is 1.56. The van der Waals surface area contributed by atoms with Gasteiger partial charge >= 0.3 is 0 Å². The SMILES string of the molecule is CCC[C@]1(C)C=C[C@H](F)/C(=C/c2ncc(-c3ccc(-c4ccnc(OC)c4)cc3O)nn2)C1. The fourth-order valence-corrected chi connectivity index (χ4v) is 4.20. The largest absolute Gasteiger partial charge is 0.507 e. The lowest BCUT2D eigenvalue weighted by atomic mass is 9.75. The fraction of sp³-hybridized carbons (Fsp3) is 0.308. The molecule has 0 spiro atoms. The zero-order valence-electron chi connectivity index (χ0n) is 19.0. The number of methoxy groups -OCH3 is 1. The quantitative estimate of drug-likeness (QED) is 0.482. The number of pyridine rings is 1. The third kappa shape index (κ3) is 5.08. The van der Waals surface area contributed by atoms with Gasteiger partial charge in [0.1, 0.15) is 17.6 Å². The van der Waals surface area contributed by atoms with Gasteiger partial charge in [-0.2, -0.15) is 0 Å². The maximum Gasteiger partial charge on any atom is 0.213 e. The van der Waals surface area contributed by atoms with Crippen LogP contribution in [0.4, 0.5) is 4.39 Å². The third-order valence-corrected chi connectivity index (χ3v) is 5.90. The van der Waals surface area contributed by atoms with Crippen LogP contribution in [-0.4, -0.2) is 38.6 Å². The molecule has 6 nitrogen and oxygen atoms in total. The van der Waals surface area contributed by atoms with E-state index in [1.54, 1.807) is 49.9 Å². The van der Waals surface area contributed by atoms with Crippen LogP contribution in [0.1, 0.15) is 38.9 Å². The van der Waals surface area contributed by atoms with E-state index in [1.807, 2.05) is 18.2 Å². The van der Waals surface area contributed by atoms with Crippen molar-refractivity contribution in [3.63, 3.8) is 0 Å². The molecule has 0 saturated heterocycles. The molecule has 0 aliphatic heterocycles. The predicted octanol–water partition coefficient (Wildman–Crippen LogP) is 5.80. The number of halogens is 1. The van der Waals surface area contributed by atoms with E-state index < -0.39 is 6.17 Å². The molecule has 0 fully saturated rings. The lowest BCUT2D eigenvalue weighted by molar-refractivity contribution is 0.326. The lowest BCUT2D eigenvalue weighted by Gasteiger charge is -2.31. The van der Waals surface area contributed by atoms with E-state index in [-0.39, 0.29) is 11.2 Å². The maximum atomic E-state index is 14.5. The van der Waals surface area contributed by atoms with Crippen molar-refractivity contribution in [2.75, 3.05) is 7.11 Å². The van der Waals surface area contributed by atoms with Gasteiger partial charge in [-0.15, -0.1) is 10.2 Å². The van der Waals surface area contributed by atoms with E-state index in [9.17, 15) is 9.50 Å². The van der Waals surface area contributed by atoms with Crippen molar-refractivity contribution in [2.24, 2.45) is 5.41 Å². The molecule has 2 heterocycles. The van der Waals surface area contributed by atoms with Crippen molar-refractivity contribution in [1.82, 2.24) is 20.2 Å². The van der Waals surface area contributed by atoms with E-state index in [4.69, 9.17) is 4.74 Å². The summed E-state index contributed by atoms with van der Waals surface area (Å²) < 4.78 is 19.6. The van der Waals surface area contributed by atoms with Crippen LogP contribution in [-0.2, 0) is 0 Å². The second-order valence-electron chi connectivity index (χ2n) is 8.58. The van der Waals surface area contributed by atoms with E-state index in [1.165, 1.54) is 0 Å². The predicted molar refractivity (Wildman–Crippen MR) is 126 cm³/mol. The molecule has 33 heavy (non-hydrogen) atoms. The normalized spacial score (nSPS) is 21.3. The van der Waals surface area contributed by atoms with Crippen LogP contribution in [0.3, 0.4) is 0 Å². The number of rotatable bonds is 6. The minimum absolute atomic E-state index is 0.0527. The van der Waals surface area contributed by atoms with Crippen molar-refractivity contribution in [2.45, 2.75) is 39.3 Å². The average molecular weight is 447 g/mol. The number of hydrogen-bond acceptors (Lipinski definition) is 6. The number of nitrogens with zero attached hydrogens (tertiary/aromatic N) is 4. The molecule has 0 saturated carbocycles.